The molecule has 0 saturated heterocycles. The Balaban J connectivity index is -0.000000477. The second kappa shape index (κ2) is 21.2. The van der Waals surface area contributed by atoms with Gasteiger partial charge in [-0.25, -0.2) is 8.78 Å². The summed E-state index contributed by atoms with van der Waals surface area (Å²) in [5.74, 6) is -3.20. The van der Waals surface area contributed by atoms with E-state index in [4.69, 9.17) is 5.73 Å². The van der Waals surface area contributed by atoms with E-state index < -0.39 is 36.0 Å². The molecule has 1 unspecified atom stereocenters. The smallest absolute Gasteiger partial charge is 0.243 e. The van der Waals surface area contributed by atoms with Crippen molar-refractivity contribution in [3.8, 4) is 0 Å². The summed E-state index contributed by atoms with van der Waals surface area (Å²) in [6, 6.07) is 1.03. The number of rotatable bonds is 8. The van der Waals surface area contributed by atoms with Crippen molar-refractivity contribution in [3.05, 3.63) is 29.3 Å². The predicted molar refractivity (Wildman–Crippen MR) is 117 cm³/mol. The molecule has 0 spiro atoms. The fraction of sp³-hybridized carbons (Fsp3) is 0.571. The summed E-state index contributed by atoms with van der Waals surface area (Å²) in [6.07, 6.45) is 1.43. The Hall–Kier alpha value is -3.55. The average molecular weight is 689 g/mol. The van der Waals surface area contributed by atoms with E-state index in [1.54, 1.807) is 13.8 Å². The summed E-state index contributed by atoms with van der Waals surface area (Å²) in [7, 11) is 0. The van der Waals surface area contributed by atoms with Gasteiger partial charge in [0, 0.05) is 17.8 Å². The first-order valence-corrected chi connectivity index (χ1v) is 10.2. The van der Waals surface area contributed by atoms with Gasteiger partial charge in [0.25, 0.3) is 0 Å². The Kier molecular flexibility index (Phi) is 23.8. The zero-order chi connectivity index (χ0) is 24.3. The number of carbonyl (C=O) groups excluding carboxylic acids is 3. The largest absolute Gasteiger partial charge is 0.520 e. The molecule has 0 aliphatic rings. The van der Waals surface area contributed by atoms with Gasteiger partial charge in [-0.2, -0.15) is 6.41 Å². The molecule has 1 rings (SSSR count). The van der Waals surface area contributed by atoms with Crippen LogP contribution >= 0.6 is 0 Å². The zero-order valence-corrected chi connectivity index (χ0v) is 22.0. The van der Waals surface area contributed by atoms with E-state index >= 15 is 0 Å². The summed E-state index contributed by atoms with van der Waals surface area (Å²) in [5, 5.41) is 6.80. The molecule has 0 bridgehead atoms. The summed E-state index contributed by atoms with van der Waals surface area (Å²) in [5.41, 5.74) is 4.84. The van der Waals surface area contributed by atoms with Crippen molar-refractivity contribution in [1.82, 2.24) is 10.6 Å². The van der Waals surface area contributed by atoms with E-state index in [9.17, 15) is 23.2 Å². The molecule has 1 atom stereocenters. The number of benzene rings is 1. The number of nitrogens with one attached hydrogen (secondary N) is 3. The fourth-order valence-corrected chi connectivity index (χ4v) is 1.95. The van der Waals surface area contributed by atoms with Crippen LogP contribution in [-0.4, -0.2) is 30.8 Å². The van der Waals surface area contributed by atoms with Crippen molar-refractivity contribution in [2.24, 2.45) is 11.7 Å². The van der Waals surface area contributed by atoms with Gasteiger partial charge >= 0.3 is 0 Å². The predicted octanol–water partition coefficient (Wildman–Crippen LogP) is 3.24. The van der Waals surface area contributed by atoms with Crippen molar-refractivity contribution in [3.63, 3.8) is 0 Å². The first-order chi connectivity index (χ1) is 14.3. The van der Waals surface area contributed by atoms with Crippen molar-refractivity contribution in [1.29, 1.82) is 0 Å². The number of hydrogen-bond donors (Lipinski definition) is 4. The number of nitrogens with two attached hydrogens (primary N) is 1. The minimum absolute atomic E-state index is 0. The van der Waals surface area contributed by atoms with Crippen LogP contribution < -0.4 is 21.7 Å². The molecular formula is C21H37F2FmN4O3-. The summed E-state index contributed by atoms with van der Waals surface area (Å²) >= 11 is 0. The second-order valence-corrected chi connectivity index (χ2v) is 5.36. The van der Waals surface area contributed by atoms with Crippen LogP contribution in [0.1, 0.15) is 61.0 Å². The molecule has 5 N–H and O–H groups in total. The quantitative estimate of drug-likeness (QED) is 0.248. The van der Waals surface area contributed by atoms with Crippen LogP contribution in [0.5, 0.6) is 0 Å². The summed E-state index contributed by atoms with van der Waals surface area (Å²) < 4.78 is 27.1. The van der Waals surface area contributed by atoms with Crippen molar-refractivity contribution >= 4 is 23.9 Å². The van der Waals surface area contributed by atoms with Crippen LogP contribution in [-0.2, 0) is 20.9 Å². The molecule has 0 radical (unpaired) electrons. The maximum atomic E-state index is 13.6. The number of anilines is 1. The Morgan fingerprint density at radius 1 is 1.03 bits per heavy atom. The maximum Gasteiger partial charge on any atom is 0.243 e. The van der Waals surface area contributed by atoms with Crippen molar-refractivity contribution in [2.75, 3.05) is 11.9 Å². The van der Waals surface area contributed by atoms with E-state index in [2.05, 4.69) is 16.0 Å². The molecule has 0 heterocycles. The van der Waals surface area contributed by atoms with Crippen LogP contribution in [0.3, 0.4) is 0 Å². The van der Waals surface area contributed by atoms with Gasteiger partial charge in [0.2, 0.25) is 11.8 Å². The van der Waals surface area contributed by atoms with E-state index in [-0.39, 0.29) is 23.7 Å². The topological polar surface area (TPSA) is 113 Å². The van der Waals surface area contributed by atoms with Gasteiger partial charge in [-0.05, 0) is 18.1 Å². The molecule has 0 saturated carbocycles. The molecule has 10 heteroatoms. The molecule has 1 aromatic rings. The van der Waals surface area contributed by atoms with E-state index in [1.165, 1.54) is 6.41 Å². The Labute approximate surface area is 179 Å². The van der Waals surface area contributed by atoms with Crippen LogP contribution in [0.4, 0.5) is 14.5 Å². The van der Waals surface area contributed by atoms with E-state index in [0.717, 1.165) is 12.1 Å². The molecule has 1 aromatic carbocycles. The van der Waals surface area contributed by atoms with E-state index in [0.29, 0.717) is 0 Å². The summed E-state index contributed by atoms with van der Waals surface area (Å²) in [4.78, 5) is 34.0. The fourth-order valence-electron chi connectivity index (χ4n) is 1.95. The van der Waals surface area contributed by atoms with Gasteiger partial charge in [0.1, 0.15) is 11.6 Å². The number of carbonyl (C=O) groups is 2. The average Bonchev–Trinajstić information content (AvgIpc) is 2.74. The third-order valence-corrected chi connectivity index (χ3v) is 3.22. The van der Waals surface area contributed by atoms with Gasteiger partial charge in [-0.3, -0.25) is 9.59 Å². The molecule has 186 valence electrons. The Morgan fingerprint density at radius 3 is 1.84 bits per heavy atom. The van der Waals surface area contributed by atoms with Crippen LogP contribution in [0.25, 0.3) is 0 Å². The van der Waals surface area contributed by atoms with Gasteiger partial charge < -0.3 is 26.5 Å². The third-order valence-electron chi connectivity index (χ3n) is 3.22. The van der Waals surface area contributed by atoms with Gasteiger partial charge in [0.05, 0.1) is 12.6 Å². The normalized spacial score (nSPS) is 9.68. The maximum absolute atomic E-state index is 13.6. The van der Waals surface area contributed by atoms with Crippen molar-refractivity contribution < 1.29 is 23.2 Å². The van der Waals surface area contributed by atoms with Gasteiger partial charge in [-0.1, -0.05) is 55.4 Å². The number of amides is 3. The standard InChI is InChI=1S/C15H19F2N4O3.3C2H6.Fm/c1-8(2)14(20-7-22)15(24)19-6-13(23)21-9-3-11(16)10(5-18)12(17)4-9;3*1-2;/h3-4,8,14H,5-6,18H2,1-2H3,(H,19,24)(H,20,22)(H,21,23);3*1-2H3;/q-1;;;;. The zero-order valence-electron chi connectivity index (χ0n) is 19.6. The Bertz CT molecular complexity index is 610. The second-order valence-electron chi connectivity index (χ2n) is 5.36. The minimum atomic E-state index is -0.873. The molecule has 0 aliphatic heterocycles. The van der Waals surface area contributed by atoms with Gasteiger partial charge in [-0.15, -0.1) is 0 Å². The molecule has 3 amide bonds. The molecule has 31 heavy (non-hydrogen) atoms. The first-order valence-electron chi connectivity index (χ1n) is 10.2. The van der Waals surface area contributed by atoms with Crippen LogP contribution in [0, 0.1) is 17.6 Å². The van der Waals surface area contributed by atoms with E-state index in [1.807, 2.05) is 41.5 Å². The van der Waals surface area contributed by atoms with Crippen molar-refractivity contribution in [2.45, 2.75) is 68.0 Å². The molecule has 0 fully saturated rings. The SMILES string of the molecule is CC.CC.CC.CC(C)C(N[C-]=O)C(=O)NCC(=O)Nc1cc(F)c(CN)c(F)c1.[Fm]. The monoisotopic (exact) mass is 688 g/mol. The third kappa shape index (κ3) is 13.3. The molecular weight excluding hydrogens is 651 g/mol. The molecule has 0 aromatic heterocycles. The van der Waals surface area contributed by atoms with Crippen LogP contribution in [0.15, 0.2) is 12.1 Å². The summed E-state index contributed by atoms with van der Waals surface area (Å²) in [6.45, 7) is 14.7. The number of hydrogen-bond acceptors (Lipinski definition) is 4. The minimum Gasteiger partial charge on any atom is -0.520 e. The van der Waals surface area contributed by atoms with Gasteiger partial charge in [0.15, 0.2) is 0 Å². The first kappa shape index (κ1) is 34.9. The van der Waals surface area contributed by atoms with Crippen LogP contribution in [0.2, 0.25) is 0 Å². The number of halogens is 2. The molecule has 0 aliphatic carbocycles. The Morgan fingerprint density at radius 2 is 1.48 bits per heavy atom. The molecule has 7 nitrogen and oxygen atoms in total.